The van der Waals surface area contributed by atoms with Gasteiger partial charge >= 0.3 is 0 Å². The molecular weight excluding hydrogens is 510 g/mol. The SMILES string of the molecule is COc1cc(/C=N\NC(=S)NCc2ccccc2)cc(Br)c1OCc1cccc2ccccc12. The molecule has 7 heteroatoms. The van der Waals surface area contributed by atoms with Crippen LogP contribution in [0.1, 0.15) is 16.7 Å². The van der Waals surface area contributed by atoms with E-state index in [0.29, 0.717) is 29.8 Å². The Morgan fingerprint density at radius 3 is 2.59 bits per heavy atom. The fourth-order valence-electron chi connectivity index (χ4n) is 3.51. The summed E-state index contributed by atoms with van der Waals surface area (Å²) in [5.74, 6) is 1.25. The first-order chi connectivity index (χ1) is 16.6. The predicted octanol–water partition coefficient (Wildman–Crippen LogP) is 6.19. The molecule has 172 valence electrons. The van der Waals surface area contributed by atoms with Gasteiger partial charge in [-0.1, -0.05) is 72.8 Å². The number of ether oxygens (including phenoxy) is 2. The number of thiocarbonyl (C=S) groups is 1. The van der Waals surface area contributed by atoms with Crippen LogP contribution in [0.4, 0.5) is 0 Å². The van der Waals surface area contributed by atoms with Gasteiger partial charge in [-0.3, -0.25) is 5.43 Å². The lowest BCUT2D eigenvalue weighted by Gasteiger charge is -2.14. The second kappa shape index (κ2) is 11.6. The molecule has 0 aromatic heterocycles. The molecule has 0 aliphatic carbocycles. The molecule has 0 saturated carbocycles. The van der Waals surface area contributed by atoms with Crippen LogP contribution in [0.25, 0.3) is 10.8 Å². The second-order valence-corrected chi connectivity index (χ2v) is 8.76. The molecule has 0 heterocycles. The van der Waals surface area contributed by atoms with E-state index in [-0.39, 0.29) is 0 Å². The van der Waals surface area contributed by atoms with Crippen molar-refractivity contribution in [1.29, 1.82) is 0 Å². The number of hydrogen-bond donors (Lipinski definition) is 2. The Balaban J connectivity index is 1.39. The first-order valence-corrected chi connectivity index (χ1v) is 11.9. The highest BCUT2D eigenvalue weighted by atomic mass is 79.9. The summed E-state index contributed by atoms with van der Waals surface area (Å²) in [4.78, 5) is 0. The van der Waals surface area contributed by atoms with E-state index in [2.05, 4.69) is 56.0 Å². The van der Waals surface area contributed by atoms with Crippen LogP contribution in [0.3, 0.4) is 0 Å². The molecule has 0 aliphatic rings. The Morgan fingerprint density at radius 1 is 1.00 bits per heavy atom. The van der Waals surface area contributed by atoms with Crippen molar-refractivity contribution in [3.63, 3.8) is 0 Å². The molecule has 34 heavy (non-hydrogen) atoms. The number of nitrogens with zero attached hydrogens (tertiary/aromatic N) is 1. The van der Waals surface area contributed by atoms with Crippen LogP contribution >= 0.6 is 28.1 Å². The normalized spacial score (nSPS) is 10.9. The zero-order chi connectivity index (χ0) is 23.8. The molecule has 0 unspecified atom stereocenters. The molecule has 0 saturated heterocycles. The molecule has 0 amide bonds. The van der Waals surface area contributed by atoms with Crippen molar-refractivity contribution < 1.29 is 9.47 Å². The van der Waals surface area contributed by atoms with Crippen LogP contribution in [0.2, 0.25) is 0 Å². The molecule has 4 aromatic rings. The van der Waals surface area contributed by atoms with Gasteiger partial charge in [-0.2, -0.15) is 5.10 Å². The van der Waals surface area contributed by atoms with Crippen LogP contribution in [0.5, 0.6) is 11.5 Å². The van der Waals surface area contributed by atoms with Gasteiger partial charge in [0.15, 0.2) is 16.6 Å². The van der Waals surface area contributed by atoms with Gasteiger partial charge in [-0.05, 0) is 67.7 Å². The Kier molecular flexibility index (Phi) is 8.12. The van der Waals surface area contributed by atoms with Crippen molar-refractivity contribution in [1.82, 2.24) is 10.7 Å². The van der Waals surface area contributed by atoms with Crippen LogP contribution in [0, 0.1) is 0 Å². The largest absolute Gasteiger partial charge is 0.493 e. The second-order valence-electron chi connectivity index (χ2n) is 7.50. The molecule has 0 bridgehead atoms. The molecule has 5 nitrogen and oxygen atoms in total. The summed E-state index contributed by atoms with van der Waals surface area (Å²) < 4.78 is 12.5. The Bertz CT molecular complexity index is 1310. The molecule has 4 aromatic carbocycles. The third-order valence-corrected chi connectivity index (χ3v) is 6.00. The van der Waals surface area contributed by atoms with Gasteiger partial charge in [0.2, 0.25) is 0 Å². The van der Waals surface area contributed by atoms with E-state index in [4.69, 9.17) is 21.7 Å². The molecule has 2 N–H and O–H groups in total. The number of fused-ring (bicyclic) bond motifs is 1. The quantitative estimate of drug-likeness (QED) is 0.161. The monoisotopic (exact) mass is 533 g/mol. The third kappa shape index (κ3) is 6.12. The molecular formula is C27H24BrN3O2S. The number of nitrogens with one attached hydrogen (secondary N) is 2. The number of halogens is 1. The molecule has 0 aliphatic heterocycles. The van der Waals surface area contributed by atoms with Crippen molar-refractivity contribution in [3.05, 3.63) is 106 Å². The smallest absolute Gasteiger partial charge is 0.187 e. The maximum absolute atomic E-state index is 6.16. The fourth-order valence-corrected chi connectivity index (χ4v) is 4.20. The first-order valence-electron chi connectivity index (χ1n) is 10.7. The van der Waals surface area contributed by atoms with E-state index in [1.807, 2.05) is 60.7 Å². The molecule has 0 fully saturated rings. The van der Waals surface area contributed by atoms with Gasteiger partial charge in [0.25, 0.3) is 0 Å². The van der Waals surface area contributed by atoms with E-state index >= 15 is 0 Å². The minimum Gasteiger partial charge on any atom is -0.493 e. The number of rotatable bonds is 8. The zero-order valence-corrected chi connectivity index (χ0v) is 21.0. The van der Waals surface area contributed by atoms with Gasteiger partial charge in [-0.15, -0.1) is 0 Å². The molecule has 0 spiro atoms. The van der Waals surface area contributed by atoms with Gasteiger partial charge in [0, 0.05) is 6.54 Å². The van der Waals surface area contributed by atoms with Crippen molar-refractivity contribution in [2.24, 2.45) is 5.10 Å². The van der Waals surface area contributed by atoms with Gasteiger partial charge < -0.3 is 14.8 Å². The summed E-state index contributed by atoms with van der Waals surface area (Å²) in [6.45, 7) is 1.05. The highest BCUT2D eigenvalue weighted by Crippen LogP contribution is 2.37. The number of hydrazone groups is 1. The van der Waals surface area contributed by atoms with Gasteiger partial charge in [0.1, 0.15) is 6.61 Å². The number of hydrogen-bond acceptors (Lipinski definition) is 4. The summed E-state index contributed by atoms with van der Waals surface area (Å²) in [5.41, 5.74) is 5.92. The van der Waals surface area contributed by atoms with Crippen LogP contribution < -0.4 is 20.2 Å². The topological polar surface area (TPSA) is 54.9 Å². The minimum absolute atomic E-state index is 0.423. The van der Waals surface area contributed by atoms with E-state index in [0.717, 1.165) is 21.2 Å². The predicted molar refractivity (Wildman–Crippen MR) is 146 cm³/mol. The maximum atomic E-state index is 6.16. The Labute approximate surface area is 212 Å². The average Bonchev–Trinajstić information content (AvgIpc) is 2.87. The molecule has 4 rings (SSSR count). The summed E-state index contributed by atoms with van der Waals surface area (Å²) in [6.07, 6.45) is 1.68. The number of benzene rings is 4. The lowest BCUT2D eigenvalue weighted by Crippen LogP contribution is -2.31. The van der Waals surface area contributed by atoms with Crippen molar-refractivity contribution in [2.75, 3.05) is 7.11 Å². The zero-order valence-electron chi connectivity index (χ0n) is 18.6. The Hall–Kier alpha value is -3.42. The van der Waals surface area contributed by atoms with Crippen molar-refractivity contribution >= 4 is 50.2 Å². The van der Waals surface area contributed by atoms with E-state index in [1.165, 1.54) is 10.8 Å². The molecule has 0 radical (unpaired) electrons. The lowest BCUT2D eigenvalue weighted by molar-refractivity contribution is 0.283. The summed E-state index contributed by atoms with van der Waals surface area (Å²) >= 11 is 8.90. The van der Waals surface area contributed by atoms with Gasteiger partial charge in [0.05, 0.1) is 17.8 Å². The van der Waals surface area contributed by atoms with E-state index in [1.54, 1.807) is 13.3 Å². The highest BCUT2D eigenvalue weighted by molar-refractivity contribution is 9.10. The van der Waals surface area contributed by atoms with Crippen molar-refractivity contribution in [2.45, 2.75) is 13.2 Å². The van der Waals surface area contributed by atoms with Crippen molar-refractivity contribution in [3.8, 4) is 11.5 Å². The highest BCUT2D eigenvalue weighted by Gasteiger charge is 2.12. The average molecular weight is 534 g/mol. The van der Waals surface area contributed by atoms with Crippen LogP contribution in [0.15, 0.2) is 94.5 Å². The van der Waals surface area contributed by atoms with E-state index < -0.39 is 0 Å². The standard InChI is InChI=1S/C27H24BrN3O2S/c1-32-25-15-20(17-30-31-27(34)29-16-19-8-3-2-4-9-19)14-24(28)26(25)33-18-22-12-7-11-21-10-5-6-13-23(21)22/h2-15,17H,16,18H2,1H3,(H2,29,31,34)/b30-17-. The molecule has 0 atom stereocenters. The minimum atomic E-state index is 0.423. The van der Waals surface area contributed by atoms with E-state index in [9.17, 15) is 0 Å². The summed E-state index contributed by atoms with van der Waals surface area (Å²) in [5, 5.41) is 10.2. The Morgan fingerprint density at radius 2 is 1.76 bits per heavy atom. The maximum Gasteiger partial charge on any atom is 0.187 e. The summed E-state index contributed by atoms with van der Waals surface area (Å²) in [7, 11) is 1.62. The summed E-state index contributed by atoms with van der Waals surface area (Å²) in [6, 6.07) is 28.3. The van der Waals surface area contributed by atoms with Gasteiger partial charge in [-0.25, -0.2) is 0 Å². The number of methoxy groups -OCH3 is 1. The van der Waals surface area contributed by atoms with Crippen LogP contribution in [-0.2, 0) is 13.2 Å². The van der Waals surface area contributed by atoms with Crippen LogP contribution in [-0.4, -0.2) is 18.4 Å². The lowest BCUT2D eigenvalue weighted by atomic mass is 10.1. The third-order valence-electron chi connectivity index (χ3n) is 5.18. The first kappa shape index (κ1) is 23.7. The fraction of sp³-hybridized carbons (Fsp3) is 0.111.